The highest BCUT2D eigenvalue weighted by molar-refractivity contribution is 5.97. The molecule has 0 saturated carbocycles. The summed E-state index contributed by atoms with van der Waals surface area (Å²) in [7, 11) is 0. The number of piperidine rings is 1. The van der Waals surface area contributed by atoms with Crippen LogP contribution in [0, 0.1) is 5.92 Å². The molecule has 2 aliphatic heterocycles. The summed E-state index contributed by atoms with van der Waals surface area (Å²) in [5.74, 6) is -0.341. The van der Waals surface area contributed by atoms with Crippen LogP contribution in [0.15, 0.2) is 24.3 Å². The first-order chi connectivity index (χ1) is 11.1. The topological polar surface area (TPSA) is 84.7 Å². The molecule has 1 aromatic carbocycles. The lowest BCUT2D eigenvalue weighted by molar-refractivity contribution is -0.124. The molecule has 0 unspecified atom stereocenters. The maximum absolute atomic E-state index is 12.3. The van der Waals surface area contributed by atoms with Gasteiger partial charge < -0.3 is 20.7 Å². The van der Waals surface area contributed by atoms with Crippen molar-refractivity contribution in [2.45, 2.75) is 31.8 Å². The van der Waals surface area contributed by atoms with Crippen molar-refractivity contribution in [3.05, 3.63) is 24.3 Å². The average molecular weight is 317 g/mol. The highest BCUT2D eigenvalue weighted by Gasteiger charge is 2.27. The normalized spacial score (nSPS) is 22.1. The summed E-state index contributed by atoms with van der Waals surface area (Å²) in [5.41, 5.74) is 7.17. The number of carbonyl (C=O) groups excluding carboxylic acids is 2. The fourth-order valence-electron chi connectivity index (χ4n) is 3.26. The van der Waals surface area contributed by atoms with E-state index in [0.29, 0.717) is 6.61 Å². The molecule has 2 aliphatic rings. The molecule has 124 valence electrons. The number of nitrogens with two attached hydrogens (primary N) is 1. The SMILES string of the molecule is NC(=O)C1CCN(c2ccccc2NC(=O)[C@H]2CCCO2)CC1. The maximum atomic E-state index is 12.3. The summed E-state index contributed by atoms with van der Waals surface area (Å²) in [5, 5.41) is 2.99. The van der Waals surface area contributed by atoms with E-state index in [0.717, 1.165) is 50.1 Å². The smallest absolute Gasteiger partial charge is 0.253 e. The number of hydrogen-bond donors (Lipinski definition) is 2. The Bertz CT molecular complexity index is 576. The first kappa shape index (κ1) is 15.8. The molecule has 2 amide bonds. The zero-order chi connectivity index (χ0) is 16.2. The molecule has 1 atom stereocenters. The Labute approximate surface area is 136 Å². The number of hydrogen-bond acceptors (Lipinski definition) is 4. The number of ether oxygens (including phenoxy) is 1. The summed E-state index contributed by atoms with van der Waals surface area (Å²) in [6.45, 7) is 2.18. The van der Waals surface area contributed by atoms with Gasteiger partial charge in [0.25, 0.3) is 5.91 Å². The zero-order valence-corrected chi connectivity index (χ0v) is 13.2. The van der Waals surface area contributed by atoms with Gasteiger partial charge in [-0.25, -0.2) is 0 Å². The van der Waals surface area contributed by atoms with Crippen molar-refractivity contribution in [2.75, 3.05) is 29.9 Å². The van der Waals surface area contributed by atoms with E-state index in [1.807, 2.05) is 24.3 Å². The van der Waals surface area contributed by atoms with Gasteiger partial charge in [-0.1, -0.05) is 12.1 Å². The van der Waals surface area contributed by atoms with E-state index in [-0.39, 0.29) is 23.8 Å². The van der Waals surface area contributed by atoms with Crippen LogP contribution in [0.5, 0.6) is 0 Å². The van der Waals surface area contributed by atoms with Gasteiger partial charge in [-0.05, 0) is 37.8 Å². The van der Waals surface area contributed by atoms with E-state index in [2.05, 4.69) is 10.2 Å². The van der Waals surface area contributed by atoms with Gasteiger partial charge in [-0.2, -0.15) is 0 Å². The Morgan fingerprint density at radius 1 is 1.17 bits per heavy atom. The number of para-hydroxylation sites is 2. The summed E-state index contributed by atoms with van der Waals surface area (Å²) in [6, 6.07) is 7.76. The molecular weight excluding hydrogens is 294 g/mol. The quantitative estimate of drug-likeness (QED) is 0.881. The third kappa shape index (κ3) is 3.64. The Morgan fingerprint density at radius 2 is 1.91 bits per heavy atom. The Morgan fingerprint density at radius 3 is 2.57 bits per heavy atom. The van der Waals surface area contributed by atoms with Gasteiger partial charge in [0.05, 0.1) is 11.4 Å². The number of nitrogens with zero attached hydrogens (tertiary/aromatic N) is 1. The van der Waals surface area contributed by atoms with Crippen molar-refractivity contribution in [2.24, 2.45) is 11.7 Å². The molecule has 0 spiro atoms. The number of amides is 2. The standard InChI is InChI=1S/C17H23N3O3/c18-16(21)12-7-9-20(10-8-12)14-5-2-1-4-13(14)19-17(22)15-6-3-11-23-15/h1-2,4-5,12,15H,3,6-11H2,(H2,18,21)(H,19,22)/t15-/m1/s1. The molecule has 3 N–H and O–H groups in total. The fraction of sp³-hybridized carbons (Fsp3) is 0.529. The number of carbonyl (C=O) groups is 2. The van der Waals surface area contributed by atoms with Gasteiger partial charge in [-0.15, -0.1) is 0 Å². The molecule has 0 aromatic heterocycles. The first-order valence-corrected chi connectivity index (χ1v) is 8.21. The molecular formula is C17H23N3O3. The van der Waals surface area contributed by atoms with Crippen molar-refractivity contribution in [3.8, 4) is 0 Å². The summed E-state index contributed by atoms with van der Waals surface area (Å²) < 4.78 is 5.44. The number of anilines is 2. The Hall–Kier alpha value is -2.08. The van der Waals surface area contributed by atoms with Gasteiger partial charge in [0.1, 0.15) is 6.10 Å². The predicted molar refractivity (Wildman–Crippen MR) is 88.2 cm³/mol. The number of primary amides is 1. The van der Waals surface area contributed by atoms with Crippen LogP contribution in [-0.2, 0) is 14.3 Å². The van der Waals surface area contributed by atoms with Gasteiger partial charge in [0.15, 0.2) is 0 Å². The fourth-order valence-corrected chi connectivity index (χ4v) is 3.26. The molecule has 6 heteroatoms. The third-order valence-electron chi connectivity index (χ3n) is 4.62. The van der Waals surface area contributed by atoms with Crippen LogP contribution < -0.4 is 16.0 Å². The highest BCUT2D eigenvalue weighted by Crippen LogP contribution is 2.30. The van der Waals surface area contributed by atoms with Crippen molar-refractivity contribution >= 4 is 23.2 Å². The maximum Gasteiger partial charge on any atom is 0.253 e. The minimum atomic E-state index is -0.344. The Kier molecular flexibility index (Phi) is 4.81. The van der Waals surface area contributed by atoms with Crippen LogP contribution in [0.2, 0.25) is 0 Å². The third-order valence-corrected chi connectivity index (χ3v) is 4.62. The lowest BCUT2D eigenvalue weighted by Crippen LogP contribution is -2.39. The first-order valence-electron chi connectivity index (χ1n) is 8.21. The van der Waals surface area contributed by atoms with Crippen LogP contribution in [0.3, 0.4) is 0 Å². The molecule has 3 rings (SSSR count). The van der Waals surface area contributed by atoms with Gasteiger partial charge in [0, 0.05) is 25.6 Å². The van der Waals surface area contributed by atoms with Gasteiger partial charge >= 0.3 is 0 Å². The monoisotopic (exact) mass is 317 g/mol. The van der Waals surface area contributed by atoms with E-state index in [1.54, 1.807) is 0 Å². The van der Waals surface area contributed by atoms with E-state index in [1.165, 1.54) is 0 Å². The van der Waals surface area contributed by atoms with E-state index >= 15 is 0 Å². The largest absolute Gasteiger partial charge is 0.370 e. The molecule has 23 heavy (non-hydrogen) atoms. The number of rotatable bonds is 4. The molecule has 0 aliphatic carbocycles. The van der Waals surface area contributed by atoms with Crippen molar-refractivity contribution in [3.63, 3.8) is 0 Å². The summed E-state index contributed by atoms with van der Waals surface area (Å²) >= 11 is 0. The molecule has 2 saturated heterocycles. The molecule has 6 nitrogen and oxygen atoms in total. The molecule has 1 aromatic rings. The minimum Gasteiger partial charge on any atom is -0.370 e. The Balaban J connectivity index is 1.68. The second kappa shape index (κ2) is 7.00. The number of benzene rings is 1. The zero-order valence-electron chi connectivity index (χ0n) is 13.2. The average Bonchev–Trinajstić information content (AvgIpc) is 3.10. The van der Waals surface area contributed by atoms with Crippen molar-refractivity contribution in [1.29, 1.82) is 0 Å². The van der Waals surface area contributed by atoms with Crippen LogP contribution in [-0.4, -0.2) is 37.6 Å². The summed E-state index contributed by atoms with van der Waals surface area (Å²) in [6.07, 6.45) is 2.87. The van der Waals surface area contributed by atoms with Crippen LogP contribution in [0.1, 0.15) is 25.7 Å². The van der Waals surface area contributed by atoms with Gasteiger partial charge in [0.2, 0.25) is 5.91 Å². The lowest BCUT2D eigenvalue weighted by Gasteiger charge is -2.33. The molecule has 0 bridgehead atoms. The molecule has 2 heterocycles. The van der Waals surface area contributed by atoms with Crippen molar-refractivity contribution < 1.29 is 14.3 Å². The lowest BCUT2D eigenvalue weighted by atomic mass is 9.96. The highest BCUT2D eigenvalue weighted by atomic mass is 16.5. The van der Waals surface area contributed by atoms with Crippen molar-refractivity contribution in [1.82, 2.24) is 0 Å². The van der Waals surface area contributed by atoms with Crippen LogP contribution in [0.25, 0.3) is 0 Å². The van der Waals surface area contributed by atoms with Crippen LogP contribution >= 0.6 is 0 Å². The molecule has 0 radical (unpaired) electrons. The molecule has 2 fully saturated rings. The number of nitrogens with one attached hydrogen (secondary N) is 1. The van der Waals surface area contributed by atoms with Crippen LogP contribution in [0.4, 0.5) is 11.4 Å². The predicted octanol–water partition coefficient (Wildman–Crippen LogP) is 1.51. The second-order valence-corrected chi connectivity index (χ2v) is 6.17. The van der Waals surface area contributed by atoms with E-state index in [9.17, 15) is 9.59 Å². The summed E-state index contributed by atoms with van der Waals surface area (Å²) in [4.78, 5) is 25.8. The minimum absolute atomic E-state index is 0.0418. The van der Waals surface area contributed by atoms with E-state index < -0.39 is 0 Å². The second-order valence-electron chi connectivity index (χ2n) is 6.17. The van der Waals surface area contributed by atoms with E-state index in [4.69, 9.17) is 10.5 Å². The van der Waals surface area contributed by atoms with Gasteiger partial charge in [-0.3, -0.25) is 9.59 Å².